The molecule has 0 unspecified atom stereocenters. The number of sulfonamides is 1. The summed E-state index contributed by atoms with van der Waals surface area (Å²) in [5.41, 5.74) is 5.77. The zero-order valence-electron chi connectivity index (χ0n) is 11.6. The molecule has 108 valence electrons. The molecule has 0 saturated carbocycles. The van der Waals surface area contributed by atoms with Gasteiger partial charge in [0.15, 0.2) is 0 Å². The van der Waals surface area contributed by atoms with E-state index in [0.717, 1.165) is 0 Å². The smallest absolute Gasteiger partial charge is 0.241 e. The minimum absolute atomic E-state index is 0.155. The Labute approximate surface area is 123 Å². The minimum atomic E-state index is -3.58. The van der Waals surface area contributed by atoms with E-state index in [1.54, 1.807) is 12.1 Å². The molecule has 19 heavy (non-hydrogen) atoms. The molecule has 0 heterocycles. The average molecular weight is 350 g/mol. The standard InChI is InChI=1S/C12H20BrN3O2S/c1-12(2,16(3)4)8-15-19(17,18)11-7-9(14)5-6-10(11)13/h5-7,15H,8,14H2,1-4H3. The Balaban J connectivity index is 2.97. The van der Waals surface area contributed by atoms with Gasteiger partial charge in [0, 0.05) is 22.2 Å². The van der Waals surface area contributed by atoms with E-state index in [9.17, 15) is 8.42 Å². The maximum atomic E-state index is 12.3. The third-order valence-corrected chi connectivity index (χ3v) is 5.55. The molecular formula is C12H20BrN3O2S. The average Bonchev–Trinajstić information content (AvgIpc) is 2.30. The molecule has 1 aromatic carbocycles. The van der Waals surface area contributed by atoms with Gasteiger partial charge in [0.05, 0.1) is 4.90 Å². The fourth-order valence-electron chi connectivity index (χ4n) is 1.23. The minimum Gasteiger partial charge on any atom is -0.399 e. The van der Waals surface area contributed by atoms with Gasteiger partial charge in [-0.05, 0) is 62.1 Å². The molecule has 0 aliphatic rings. The molecule has 7 heteroatoms. The molecule has 0 aliphatic heterocycles. The molecular weight excluding hydrogens is 330 g/mol. The van der Waals surface area contributed by atoms with Crippen molar-refractivity contribution in [3.05, 3.63) is 22.7 Å². The first-order valence-electron chi connectivity index (χ1n) is 5.78. The van der Waals surface area contributed by atoms with Crippen molar-refractivity contribution in [1.82, 2.24) is 9.62 Å². The summed E-state index contributed by atoms with van der Waals surface area (Å²) in [6.45, 7) is 4.23. The summed E-state index contributed by atoms with van der Waals surface area (Å²) in [6.07, 6.45) is 0. The van der Waals surface area contributed by atoms with Gasteiger partial charge in [-0.1, -0.05) is 0 Å². The third kappa shape index (κ3) is 4.17. The summed E-state index contributed by atoms with van der Waals surface area (Å²) < 4.78 is 27.6. The highest BCUT2D eigenvalue weighted by Gasteiger charge is 2.25. The Morgan fingerprint density at radius 3 is 2.47 bits per heavy atom. The number of anilines is 1. The van der Waals surface area contributed by atoms with Crippen molar-refractivity contribution in [2.45, 2.75) is 24.3 Å². The number of rotatable bonds is 5. The molecule has 0 atom stereocenters. The van der Waals surface area contributed by atoms with Crippen molar-refractivity contribution in [3.8, 4) is 0 Å². The predicted octanol–water partition coefficient (Wildman–Crippen LogP) is 1.65. The van der Waals surface area contributed by atoms with Crippen LogP contribution in [0.25, 0.3) is 0 Å². The summed E-state index contributed by atoms with van der Waals surface area (Å²) >= 11 is 3.23. The highest BCUT2D eigenvalue weighted by atomic mass is 79.9. The van der Waals surface area contributed by atoms with E-state index in [1.807, 2.05) is 32.8 Å². The molecule has 3 N–H and O–H groups in total. The van der Waals surface area contributed by atoms with Crippen LogP contribution in [-0.4, -0.2) is 39.5 Å². The van der Waals surface area contributed by atoms with Gasteiger partial charge in [0.25, 0.3) is 0 Å². The molecule has 0 aliphatic carbocycles. The Bertz CT molecular complexity index is 556. The second-order valence-electron chi connectivity index (χ2n) is 5.22. The number of benzene rings is 1. The van der Waals surface area contributed by atoms with E-state index in [2.05, 4.69) is 20.7 Å². The van der Waals surface area contributed by atoms with Crippen molar-refractivity contribution >= 4 is 31.6 Å². The molecule has 1 rings (SSSR count). The summed E-state index contributed by atoms with van der Waals surface area (Å²) in [6, 6.07) is 4.71. The normalized spacial score (nSPS) is 12.9. The van der Waals surface area contributed by atoms with E-state index >= 15 is 0 Å². The summed E-state index contributed by atoms with van der Waals surface area (Å²) in [7, 11) is 0.231. The molecule has 5 nitrogen and oxygen atoms in total. The number of hydrogen-bond acceptors (Lipinski definition) is 4. The Hall–Kier alpha value is -0.630. The van der Waals surface area contributed by atoms with Gasteiger partial charge in [0.1, 0.15) is 0 Å². The fraction of sp³-hybridized carbons (Fsp3) is 0.500. The van der Waals surface area contributed by atoms with Crippen LogP contribution >= 0.6 is 15.9 Å². The number of nitrogens with two attached hydrogens (primary N) is 1. The van der Waals surface area contributed by atoms with Crippen LogP contribution in [0, 0.1) is 0 Å². The van der Waals surface area contributed by atoms with Gasteiger partial charge in [-0.25, -0.2) is 13.1 Å². The second kappa shape index (κ2) is 5.78. The van der Waals surface area contributed by atoms with Crippen molar-refractivity contribution in [1.29, 1.82) is 0 Å². The summed E-state index contributed by atoms with van der Waals surface area (Å²) in [5.74, 6) is 0. The lowest BCUT2D eigenvalue weighted by Gasteiger charge is -2.32. The van der Waals surface area contributed by atoms with Gasteiger partial charge in [-0.15, -0.1) is 0 Å². The maximum absolute atomic E-state index is 12.3. The van der Waals surface area contributed by atoms with E-state index in [0.29, 0.717) is 16.7 Å². The molecule has 0 amide bonds. The lowest BCUT2D eigenvalue weighted by atomic mass is 10.1. The highest BCUT2D eigenvalue weighted by Crippen LogP contribution is 2.24. The lowest BCUT2D eigenvalue weighted by molar-refractivity contribution is 0.199. The summed E-state index contributed by atoms with van der Waals surface area (Å²) in [5, 5.41) is 0. The van der Waals surface area contributed by atoms with Gasteiger partial charge in [-0.3, -0.25) is 0 Å². The van der Waals surface area contributed by atoms with Crippen molar-refractivity contribution in [3.63, 3.8) is 0 Å². The highest BCUT2D eigenvalue weighted by molar-refractivity contribution is 9.10. The van der Waals surface area contributed by atoms with Gasteiger partial charge >= 0.3 is 0 Å². The number of hydrogen-bond donors (Lipinski definition) is 2. The summed E-state index contributed by atoms with van der Waals surface area (Å²) in [4.78, 5) is 2.12. The molecule has 0 fully saturated rings. The van der Waals surface area contributed by atoms with Crippen molar-refractivity contribution in [2.24, 2.45) is 0 Å². The predicted molar refractivity (Wildman–Crippen MR) is 81.5 cm³/mol. The van der Waals surface area contributed by atoms with Crippen LogP contribution in [0.4, 0.5) is 5.69 Å². The number of likely N-dealkylation sites (N-methyl/N-ethyl adjacent to an activating group) is 1. The van der Waals surface area contributed by atoms with Crippen LogP contribution in [0.1, 0.15) is 13.8 Å². The monoisotopic (exact) mass is 349 g/mol. The van der Waals surface area contributed by atoms with E-state index < -0.39 is 10.0 Å². The van der Waals surface area contributed by atoms with Crippen LogP contribution in [0.3, 0.4) is 0 Å². The van der Waals surface area contributed by atoms with E-state index in [4.69, 9.17) is 5.73 Å². The zero-order chi connectivity index (χ0) is 14.8. The Kier molecular flexibility index (Phi) is 5.00. The van der Waals surface area contributed by atoms with Crippen LogP contribution in [0.5, 0.6) is 0 Å². The number of halogens is 1. The number of nitrogens with one attached hydrogen (secondary N) is 1. The first kappa shape index (κ1) is 16.4. The molecule has 1 aromatic rings. The van der Waals surface area contributed by atoms with E-state index in [1.165, 1.54) is 6.07 Å². The van der Waals surface area contributed by atoms with Crippen LogP contribution < -0.4 is 10.5 Å². The first-order valence-corrected chi connectivity index (χ1v) is 8.06. The fourth-order valence-corrected chi connectivity index (χ4v) is 3.43. The number of nitrogens with zero attached hydrogens (tertiary/aromatic N) is 1. The van der Waals surface area contributed by atoms with Crippen molar-refractivity contribution in [2.75, 3.05) is 26.4 Å². The second-order valence-corrected chi connectivity index (χ2v) is 7.81. The van der Waals surface area contributed by atoms with Crippen molar-refractivity contribution < 1.29 is 8.42 Å². The lowest BCUT2D eigenvalue weighted by Crippen LogP contribution is -2.48. The van der Waals surface area contributed by atoms with Gasteiger partial charge < -0.3 is 10.6 Å². The Morgan fingerprint density at radius 2 is 1.95 bits per heavy atom. The first-order chi connectivity index (χ1) is 8.56. The maximum Gasteiger partial charge on any atom is 0.241 e. The van der Waals surface area contributed by atoms with Crippen LogP contribution in [0.15, 0.2) is 27.6 Å². The number of nitrogen functional groups attached to an aromatic ring is 1. The van der Waals surface area contributed by atoms with Crippen LogP contribution in [-0.2, 0) is 10.0 Å². The third-order valence-electron chi connectivity index (χ3n) is 3.15. The largest absolute Gasteiger partial charge is 0.399 e. The zero-order valence-corrected chi connectivity index (χ0v) is 14.0. The topological polar surface area (TPSA) is 75.4 Å². The molecule has 0 saturated heterocycles. The molecule has 0 spiro atoms. The van der Waals surface area contributed by atoms with Crippen LogP contribution in [0.2, 0.25) is 0 Å². The molecule has 0 radical (unpaired) electrons. The Morgan fingerprint density at radius 1 is 1.37 bits per heavy atom. The molecule has 0 aromatic heterocycles. The molecule has 0 bridgehead atoms. The van der Waals surface area contributed by atoms with Gasteiger partial charge in [0.2, 0.25) is 10.0 Å². The quantitative estimate of drug-likeness (QED) is 0.792. The van der Waals surface area contributed by atoms with Gasteiger partial charge in [-0.2, -0.15) is 0 Å². The SMILES string of the molecule is CN(C)C(C)(C)CNS(=O)(=O)c1cc(N)ccc1Br. The van der Waals surface area contributed by atoms with E-state index in [-0.39, 0.29) is 10.4 Å².